The molecule has 0 amide bonds. The lowest BCUT2D eigenvalue weighted by molar-refractivity contribution is 0.129. The van der Waals surface area contributed by atoms with Crippen molar-refractivity contribution in [3.8, 4) is 0 Å². The van der Waals surface area contributed by atoms with E-state index in [0.717, 1.165) is 24.2 Å². The fourth-order valence-corrected chi connectivity index (χ4v) is 2.86. The third-order valence-electron chi connectivity index (χ3n) is 4.04. The molecule has 0 saturated carbocycles. The number of likely N-dealkylation sites (N-methyl/N-ethyl adjacent to an activating group) is 2. The van der Waals surface area contributed by atoms with Crippen LogP contribution in [0.25, 0.3) is 0 Å². The van der Waals surface area contributed by atoms with Crippen LogP contribution in [-0.2, 0) is 6.54 Å². The van der Waals surface area contributed by atoms with Crippen LogP contribution in [0.3, 0.4) is 0 Å². The number of hydrogen-bond donors (Lipinski definition) is 2. The number of amidine groups is 1. The first-order chi connectivity index (χ1) is 9.61. The van der Waals surface area contributed by atoms with Crippen molar-refractivity contribution in [3.05, 3.63) is 35.4 Å². The maximum absolute atomic E-state index is 8.87. The second kappa shape index (κ2) is 6.72. The molecular formula is C15H24N4O. The fourth-order valence-electron chi connectivity index (χ4n) is 2.86. The summed E-state index contributed by atoms with van der Waals surface area (Å²) in [6.45, 7) is 3.10. The highest BCUT2D eigenvalue weighted by Gasteiger charge is 2.21. The Morgan fingerprint density at radius 3 is 2.95 bits per heavy atom. The Labute approximate surface area is 120 Å². The Kier molecular flexibility index (Phi) is 4.98. The largest absolute Gasteiger partial charge is 0.409 e. The van der Waals surface area contributed by atoms with E-state index in [0.29, 0.717) is 6.04 Å². The van der Waals surface area contributed by atoms with Crippen molar-refractivity contribution in [3.63, 3.8) is 0 Å². The van der Waals surface area contributed by atoms with Gasteiger partial charge in [-0.05, 0) is 39.0 Å². The van der Waals surface area contributed by atoms with Gasteiger partial charge in [0.05, 0.1) is 0 Å². The molecule has 0 bridgehead atoms. The summed E-state index contributed by atoms with van der Waals surface area (Å²) in [5.41, 5.74) is 7.65. The zero-order valence-electron chi connectivity index (χ0n) is 12.3. The number of nitrogens with two attached hydrogens (primary N) is 1. The predicted molar refractivity (Wildman–Crippen MR) is 80.9 cm³/mol. The van der Waals surface area contributed by atoms with Gasteiger partial charge >= 0.3 is 0 Å². The van der Waals surface area contributed by atoms with E-state index in [-0.39, 0.29) is 5.84 Å². The first-order valence-corrected chi connectivity index (χ1v) is 7.06. The topological polar surface area (TPSA) is 65.1 Å². The number of piperidine rings is 1. The molecule has 3 N–H and O–H groups in total. The van der Waals surface area contributed by atoms with E-state index < -0.39 is 0 Å². The van der Waals surface area contributed by atoms with Gasteiger partial charge in [-0.3, -0.25) is 4.90 Å². The minimum atomic E-state index is 0.176. The molecule has 1 aromatic rings. The van der Waals surface area contributed by atoms with Crippen LogP contribution in [0.4, 0.5) is 0 Å². The van der Waals surface area contributed by atoms with Crippen molar-refractivity contribution in [1.82, 2.24) is 9.80 Å². The van der Waals surface area contributed by atoms with Crippen LogP contribution in [-0.4, -0.2) is 54.1 Å². The van der Waals surface area contributed by atoms with Gasteiger partial charge in [0, 0.05) is 24.7 Å². The molecule has 0 radical (unpaired) electrons. The molecular weight excluding hydrogens is 252 g/mol. The van der Waals surface area contributed by atoms with E-state index in [2.05, 4.69) is 29.1 Å². The number of nitrogens with zero attached hydrogens (tertiary/aromatic N) is 3. The second-order valence-corrected chi connectivity index (χ2v) is 5.62. The molecule has 5 nitrogen and oxygen atoms in total. The molecule has 0 aliphatic carbocycles. The van der Waals surface area contributed by atoms with Crippen LogP contribution in [0.15, 0.2) is 29.4 Å². The van der Waals surface area contributed by atoms with E-state index in [1.807, 2.05) is 24.3 Å². The zero-order valence-corrected chi connectivity index (χ0v) is 12.3. The number of oxime groups is 1. The van der Waals surface area contributed by atoms with Gasteiger partial charge in [-0.1, -0.05) is 29.4 Å². The lowest BCUT2D eigenvalue weighted by Gasteiger charge is -2.36. The molecule has 1 aromatic carbocycles. The number of benzene rings is 1. The van der Waals surface area contributed by atoms with Crippen molar-refractivity contribution in [1.29, 1.82) is 0 Å². The summed E-state index contributed by atoms with van der Waals surface area (Å²) >= 11 is 0. The van der Waals surface area contributed by atoms with Crippen LogP contribution in [0.5, 0.6) is 0 Å². The first-order valence-electron chi connectivity index (χ1n) is 7.06. The molecule has 1 heterocycles. The van der Waals surface area contributed by atoms with E-state index in [4.69, 9.17) is 10.9 Å². The molecule has 1 saturated heterocycles. The molecule has 1 aliphatic rings. The van der Waals surface area contributed by atoms with E-state index in [1.165, 1.54) is 19.4 Å². The minimum Gasteiger partial charge on any atom is -0.409 e. The smallest absolute Gasteiger partial charge is 0.170 e. The van der Waals surface area contributed by atoms with Gasteiger partial charge in [-0.25, -0.2) is 0 Å². The summed E-state index contributed by atoms with van der Waals surface area (Å²) < 4.78 is 0. The molecule has 0 spiro atoms. The predicted octanol–water partition coefficient (Wildman–Crippen LogP) is 1.31. The minimum absolute atomic E-state index is 0.176. The van der Waals surface area contributed by atoms with Crippen molar-refractivity contribution >= 4 is 5.84 Å². The summed E-state index contributed by atoms with van der Waals surface area (Å²) in [5.74, 6) is 0.176. The lowest BCUT2D eigenvalue weighted by Crippen LogP contribution is -2.44. The molecule has 20 heavy (non-hydrogen) atoms. The molecule has 1 fully saturated rings. The maximum Gasteiger partial charge on any atom is 0.170 e. The molecule has 1 aliphatic heterocycles. The molecule has 1 unspecified atom stereocenters. The molecule has 110 valence electrons. The summed E-state index contributed by atoms with van der Waals surface area (Å²) in [6.07, 6.45) is 2.47. The van der Waals surface area contributed by atoms with Gasteiger partial charge in [0.15, 0.2) is 5.84 Å². The van der Waals surface area contributed by atoms with Crippen molar-refractivity contribution in [2.75, 3.05) is 27.2 Å². The molecule has 2 rings (SSSR count). The third-order valence-corrected chi connectivity index (χ3v) is 4.04. The average Bonchev–Trinajstić information content (AvgIpc) is 2.47. The number of likely N-dealkylation sites (tertiary alicyclic amines) is 1. The first kappa shape index (κ1) is 14.8. The Morgan fingerprint density at radius 1 is 1.50 bits per heavy atom. The Morgan fingerprint density at radius 2 is 2.25 bits per heavy atom. The van der Waals surface area contributed by atoms with Crippen molar-refractivity contribution in [2.24, 2.45) is 10.9 Å². The number of rotatable bonds is 4. The Hall–Kier alpha value is -1.59. The van der Waals surface area contributed by atoms with Crippen LogP contribution in [0.1, 0.15) is 24.0 Å². The molecule has 0 aromatic heterocycles. The highest BCUT2D eigenvalue weighted by atomic mass is 16.4. The fraction of sp³-hybridized carbons (Fsp3) is 0.533. The summed E-state index contributed by atoms with van der Waals surface area (Å²) in [4.78, 5) is 4.74. The van der Waals surface area contributed by atoms with Crippen LogP contribution in [0, 0.1) is 0 Å². The third kappa shape index (κ3) is 3.49. The zero-order chi connectivity index (χ0) is 14.5. The SMILES string of the molecule is CN1CCCC(N(C)Cc2ccccc2C(N)=NO)C1. The normalized spacial score (nSPS) is 21.4. The highest BCUT2D eigenvalue weighted by Crippen LogP contribution is 2.17. The van der Waals surface area contributed by atoms with E-state index >= 15 is 0 Å². The van der Waals surface area contributed by atoms with Crippen molar-refractivity contribution < 1.29 is 5.21 Å². The summed E-state index contributed by atoms with van der Waals surface area (Å²) in [5, 5.41) is 12.0. The van der Waals surface area contributed by atoms with E-state index in [1.54, 1.807) is 0 Å². The standard InChI is InChI=1S/C15H24N4O/c1-18-9-5-7-13(11-18)19(2)10-12-6-3-4-8-14(12)15(16)17-20/h3-4,6,8,13,20H,5,7,9-11H2,1-2H3,(H2,16,17). The van der Waals surface area contributed by atoms with Crippen molar-refractivity contribution in [2.45, 2.75) is 25.4 Å². The van der Waals surface area contributed by atoms with Gasteiger partial charge in [0.2, 0.25) is 0 Å². The Balaban J connectivity index is 2.09. The number of hydrogen-bond acceptors (Lipinski definition) is 4. The van der Waals surface area contributed by atoms with Gasteiger partial charge in [-0.15, -0.1) is 0 Å². The lowest BCUT2D eigenvalue weighted by atomic mass is 10.0. The summed E-state index contributed by atoms with van der Waals surface area (Å²) in [6, 6.07) is 8.39. The summed E-state index contributed by atoms with van der Waals surface area (Å²) in [7, 11) is 4.32. The van der Waals surface area contributed by atoms with Crippen LogP contribution < -0.4 is 5.73 Å². The highest BCUT2D eigenvalue weighted by molar-refractivity contribution is 5.98. The molecule has 5 heteroatoms. The van der Waals surface area contributed by atoms with Gasteiger partial charge in [0.1, 0.15) is 0 Å². The van der Waals surface area contributed by atoms with E-state index in [9.17, 15) is 0 Å². The van der Waals surface area contributed by atoms with Crippen LogP contribution in [0.2, 0.25) is 0 Å². The average molecular weight is 276 g/mol. The van der Waals surface area contributed by atoms with Crippen LogP contribution >= 0.6 is 0 Å². The van der Waals surface area contributed by atoms with Gasteiger partial charge in [-0.2, -0.15) is 0 Å². The monoisotopic (exact) mass is 276 g/mol. The molecule has 1 atom stereocenters. The quantitative estimate of drug-likeness (QED) is 0.377. The van der Waals surface area contributed by atoms with Gasteiger partial charge in [0.25, 0.3) is 0 Å². The second-order valence-electron chi connectivity index (χ2n) is 5.62. The maximum atomic E-state index is 8.87. The Bertz CT molecular complexity index is 475. The van der Waals surface area contributed by atoms with Gasteiger partial charge < -0.3 is 15.8 Å².